The van der Waals surface area contributed by atoms with Crippen LogP contribution in [0, 0.1) is 24.0 Å². The molecule has 0 aliphatic heterocycles. The molecule has 0 atom stereocenters. The Labute approximate surface area is 183 Å². The molecule has 3 aromatic carbocycles. The number of aromatic hydroxyl groups is 1. The molecular weight excluding hydrogens is 410 g/mol. The summed E-state index contributed by atoms with van der Waals surface area (Å²) in [5.74, 6) is -0.586. The number of carbonyl (C=O) groups excluding carboxylic acids is 1. The van der Waals surface area contributed by atoms with Crippen molar-refractivity contribution in [3.05, 3.63) is 93.2 Å². The van der Waals surface area contributed by atoms with Crippen LogP contribution in [0.25, 0.3) is 11.0 Å². The lowest BCUT2D eigenvalue weighted by Gasteiger charge is -2.08. The number of phenols is 1. The van der Waals surface area contributed by atoms with Crippen LogP contribution in [0.2, 0.25) is 0 Å². The highest BCUT2D eigenvalue weighted by Gasteiger charge is 2.17. The first kappa shape index (κ1) is 20.8. The zero-order chi connectivity index (χ0) is 22.8. The number of hydrogen-bond donors (Lipinski definition) is 2. The number of phenolic OH excluding ortho intramolecular Hbond substituents is 1. The fourth-order valence-electron chi connectivity index (χ4n) is 3.31. The van der Waals surface area contributed by atoms with Gasteiger partial charge in [0.05, 0.1) is 10.6 Å². The van der Waals surface area contributed by atoms with Crippen LogP contribution >= 0.6 is 0 Å². The molecule has 0 aliphatic rings. The first-order chi connectivity index (χ1) is 15.3. The highest BCUT2D eigenvalue weighted by molar-refractivity contribution is 6.05. The van der Waals surface area contributed by atoms with Crippen LogP contribution in [0.15, 0.2) is 70.1 Å². The Hall–Kier alpha value is -4.46. The van der Waals surface area contributed by atoms with Crippen LogP contribution in [0.3, 0.4) is 0 Å². The standard InChI is InChI=1S/C24H19N3O5/c1-14-9-17(23(28)20(10-14)27(30)31)13-25-18-7-8-19(15(2)11-18)26-24(29)22-12-16-5-3-4-6-21(16)32-22/h3-13,28H,1-2H3,(H,26,29). The first-order valence-electron chi connectivity index (χ1n) is 9.74. The van der Waals surface area contributed by atoms with Crippen LogP contribution in [0.1, 0.15) is 27.2 Å². The molecule has 1 amide bonds. The number of nitrogens with zero attached hydrogens (tertiary/aromatic N) is 2. The minimum atomic E-state index is -0.636. The van der Waals surface area contributed by atoms with Crippen molar-refractivity contribution in [1.82, 2.24) is 0 Å². The van der Waals surface area contributed by atoms with Gasteiger partial charge in [-0.05, 0) is 61.4 Å². The van der Waals surface area contributed by atoms with Crippen molar-refractivity contribution in [1.29, 1.82) is 0 Å². The highest BCUT2D eigenvalue weighted by atomic mass is 16.6. The molecule has 0 saturated heterocycles. The third-order valence-electron chi connectivity index (χ3n) is 4.92. The van der Waals surface area contributed by atoms with Gasteiger partial charge in [-0.1, -0.05) is 18.2 Å². The van der Waals surface area contributed by atoms with Gasteiger partial charge in [-0.2, -0.15) is 0 Å². The Morgan fingerprint density at radius 1 is 1.12 bits per heavy atom. The largest absolute Gasteiger partial charge is 0.502 e. The van der Waals surface area contributed by atoms with Gasteiger partial charge in [-0.15, -0.1) is 0 Å². The molecule has 4 aromatic rings. The van der Waals surface area contributed by atoms with Crippen LogP contribution in [-0.4, -0.2) is 22.2 Å². The number of aryl methyl sites for hydroxylation is 2. The second-order valence-corrected chi connectivity index (χ2v) is 7.34. The predicted octanol–water partition coefficient (Wildman–Crippen LogP) is 5.67. The molecule has 0 aliphatic carbocycles. The van der Waals surface area contributed by atoms with E-state index in [1.165, 1.54) is 12.3 Å². The number of rotatable bonds is 5. The molecule has 0 bridgehead atoms. The maximum atomic E-state index is 12.6. The maximum Gasteiger partial charge on any atom is 0.311 e. The number of anilines is 1. The number of furan rings is 1. The number of nitrogens with one attached hydrogen (secondary N) is 1. The van der Waals surface area contributed by atoms with Crippen molar-refractivity contribution in [2.45, 2.75) is 13.8 Å². The van der Waals surface area contributed by atoms with Gasteiger partial charge in [-0.25, -0.2) is 0 Å². The number of carbonyl (C=O) groups is 1. The lowest BCUT2D eigenvalue weighted by atomic mass is 10.1. The molecule has 1 aromatic heterocycles. The van der Waals surface area contributed by atoms with Gasteiger partial charge in [0, 0.05) is 28.9 Å². The fraction of sp³-hybridized carbons (Fsp3) is 0.0833. The van der Waals surface area contributed by atoms with Crippen molar-refractivity contribution < 1.29 is 19.2 Å². The van der Waals surface area contributed by atoms with Crippen molar-refractivity contribution in [2.75, 3.05) is 5.32 Å². The third kappa shape index (κ3) is 4.20. The van der Waals surface area contributed by atoms with Crippen molar-refractivity contribution in [3.63, 3.8) is 0 Å². The SMILES string of the molecule is Cc1cc(C=Nc2ccc(NC(=O)c3cc4ccccc4o3)c(C)c2)c(O)c([N+](=O)[O-])c1. The minimum absolute atomic E-state index is 0.212. The maximum absolute atomic E-state index is 12.6. The molecule has 1 heterocycles. The lowest BCUT2D eigenvalue weighted by Crippen LogP contribution is -2.11. The summed E-state index contributed by atoms with van der Waals surface area (Å²) in [6.45, 7) is 3.52. The van der Waals surface area contributed by atoms with Crippen LogP contribution in [-0.2, 0) is 0 Å². The number of nitro groups is 1. The summed E-state index contributed by atoms with van der Waals surface area (Å²) < 4.78 is 5.59. The van der Waals surface area contributed by atoms with E-state index < -0.39 is 10.7 Å². The Morgan fingerprint density at radius 3 is 2.62 bits per heavy atom. The molecule has 0 saturated carbocycles. The minimum Gasteiger partial charge on any atom is -0.502 e. The fourth-order valence-corrected chi connectivity index (χ4v) is 3.31. The number of para-hydroxylation sites is 1. The van der Waals surface area contributed by atoms with Crippen LogP contribution in [0.4, 0.5) is 17.1 Å². The summed E-state index contributed by atoms with van der Waals surface area (Å²) in [6.07, 6.45) is 1.37. The Morgan fingerprint density at radius 2 is 1.91 bits per heavy atom. The molecule has 0 unspecified atom stereocenters. The molecule has 160 valence electrons. The number of fused-ring (bicyclic) bond motifs is 1. The first-order valence-corrected chi connectivity index (χ1v) is 9.74. The summed E-state index contributed by atoms with van der Waals surface area (Å²) in [4.78, 5) is 27.3. The van der Waals surface area contributed by atoms with E-state index in [9.17, 15) is 20.0 Å². The smallest absolute Gasteiger partial charge is 0.311 e. The number of aliphatic imine (C=N–C) groups is 1. The quantitative estimate of drug-likeness (QED) is 0.241. The highest BCUT2D eigenvalue weighted by Crippen LogP contribution is 2.31. The third-order valence-corrected chi connectivity index (χ3v) is 4.92. The van der Waals surface area contributed by atoms with E-state index in [0.29, 0.717) is 22.5 Å². The molecule has 2 N–H and O–H groups in total. The van der Waals surface area contributed by atoms with Gasteiger partial charge in [0.25, 0.3) is 5.91 Å². The van der Waals surface area contributed by atoms with E-state index in [4.69, 9.17) is 4.42 Å². The average Bonchev–Trinajstić information content (AvgIpc) is 3.20. The molecule has 8 nitrogen and oxygen atoms in total. The van der Waals surface area contributed by atoms with Crippen LogP contribution in [0.5, 0.6) is 5.75 Å². The summed E-state index contributed by atoms with van der Waals surface area (Å²) in [7, 11) is 0. The molecule has 8 heteroatoms. The molecule has 4 rings (SSSR count). The monoisotopic (exact) mass is 429 g/mol. The van der Waals surface area contributed by atoms with Crippen LogP contribution < -0.4 is 5.32 Å². The van der Waals surface area contributed by atoms with Gasteiger partial charge in [0.2, 0.25) is 5.75 Å². The zero-order valence-corrected chi connectivity index (χ0v) is 17.3. The molecule has 0 radical (unpaired) electrons. The van der Waals surface area contributed by atoms with E-state index in [2.05, 4.69) is 10.3 Å². The topological polar surface area (TPSA) is 118 Å². The Balaban J connectivity index is 1.53. The van der Waals surface area contributed by atoms with E-state index in [1.807, 2.05) is 25.1 Å². The van der Waals surface area contributed by atoms with Crippen molar-refractivity contribution in [2.24, 2.45) is 4.99 Å². The second kappa shape index (κ2) is 8.35. The lowest BCUT2D eigenvalue weighted by molar-refractivity contribution is -0.385. The summed E-state index contributed by atoms with van der Waals surface area (Å²) in [5.41, 5.74) is 3.08. The Bertz CT molecular complexity index is 1350. The molecule has 0 fully saturated rings. The van der Waals surface area contributed by atoms with Gasteiger partial charge < -0.3 is 14.8 Å². The van der Waals surface area contributed by atoms with E-state index >= 15 is 0 Å². The van der Waals surface area contributed by atoms with Gasteiger partial charge >= 0.3 is 5.69 Å². The van der Waals surface area contributed by atoms with Crippen molar-refractivity contribution >= 4 is 40.2 Å². The molecule has 32 heavy (non-hydrogen) atoms. The predicted molar refractivity (Wildman–Crippen MR) is 122 cm³/mol. The van der Waals surface area contributed by atoms with E-state index in [-0.39, 0.29) is 22.9 Å². The van der Waals surface area contributed by atoms with Crippen molar-refractivity contribution in [3.8, 4) is 5.75 Å². The Kier molecular flexibility index (Phi) is 5.43. The summed E-state index contributed by atoms with van der Waals surface area (Å²) in [5, 5.41) is 24.9. The van der Waals surface area contributed by atoms with E-state index in [1.54, 1.807) is 43.3 Å². The molecule has 0 spiro atoms. The number of benzene rings is 3. The second-order valence-electron chi connectivity index (χ2n) is 7.34. The zero-order valence-electron chi connectivity index (χ0n) is 17.3. The number of amides is 1. The summed E-state index contributed by atoms with van der Waals surface area (Å²) in [6, 6.07) is 17.1. The summed E-state index contributed by atoms with van der Waals surface area (Å²) >= 11 is 0. The van der Waals surface area contributed by atoms with E-state index in [0.717, 1.165) is 10.9 Å². The van der Waals surface area contributed by atoms with Gasteiger partial charge in [-0.3, -0.25) is 19.9 Å². The normalized spacial score (nSPS) is 11.2. The molecular formula is C24H19N3O5. The number of nitro benzene ring substituents is 1. The van der Waals surface area contributed by atoms with Gasteiger partial charge in [0.1, 0.15) is 5.58 Å². The number of hydrogen-bond acceptors (Lipinski definition) is 6. The average molecular weight is 429 g/mol. The van der Waals surface area contributed by atoms with Gasteiger partial charge in [0.15, 0.2) is 5.76 Å².